The molecule has 2 rings (SSSR count). The SMILES string of the molecule is O=C(O)CN(Cc1cccc(C(=O)O)n1)C(=O)OCc1ccccc1. The number of carboxylic acid groups (broad SMARTS) is 2. The normalized spacial score (nSPS) is 10.1. The fraction of sp³-hybridized carbons (Fsp3) is 0.176. The summed E-state index contributed by atoms with van der Waals surface area (Å²) in [5.41, 5.74) is 0.820. The molecule has 0 radical (unpaired) electrons. The number of hydrogen-bond donors (Lipinski definition) is 2. The van der Waals surface area contributed by atoms with Crippen LogP contribution >= 0.6 is 0 Å². The van der Waals surface area contributed by atoms with Crippen LogP contribution in [0.3, 0.4) is 0 Å². The van der Waals surface area contributed by atoms with Crippen molar-refractivity contribution in [3.63, 3.8) is 0 Å². The number of rotatable bonds is 7. The van der Waals surface area contributed by atoms with Crippen LogP contribution in [0.25, 0.3) is 0 Å². The van der Waals surface area contributed by atoms with Crippen LogP contribution in [0.15, 0.2) is 48.5 Å². The predicted octanol–water partition coefficient (Wildman–Crippen LogP) is 2.00. The minimum absolute atomic E-state index is 0.00160. The molecule has 130 valence electrons. The number of amides is 1. The van der Waals surface area contributed by atoms with Gasteiger partial charge in [-0.25, -0.2) is 14.6 Å². The Labute approximate surface area is 143 Å². The number of ether oxygens (including phenoxy) is 1. The molecule has 1 amide bonds. The Morgan fingerprint density at radius 1 is 1.00 bits per heavy atom. The second kappa shape index (κ2) is 8.44. The zero-order valence-corrected chi connectivity index (χ0v) is 13.2. The van der Waals surface area contributed by atoms with E-state index in [9.17, 15) is 14.4 Å². The highest BCUT2D eigenvalue weighted by atomic mass is 16.6. The van der Waals surface area contributed by atoms with Gasteiger partial charge in [-0.2, -0.15) is 0 Å². The molecule has 1 aromatic carbocycles. The van der Waals surface area contributed by atoms with Crippen LogP contribution in [0.2, 0.25) is 0 Å². The van der Waals surface area contributed by atoms with Gasteiger partial charge in [0.1, 0.15) is 18.8 Å². The summed E-state index contributed by atoms with van der Waals surface area (Å²) in [5.74, 6) is -2.43. The highest BCUT2D eigenvalue weighted by Gasteiger charge is 2.20. The van der Waals surface area contributed by atoms with Crippen molar-refractivity contribution in [3.05, 3.63) is 65.5 Å². The van der Waals surface area contributed by atoms with E-state index in [1.807, 2.05) is 6.07 Å². The fourth-order valence-electron chi connectivity index (χ4n) is 2.04. The molecule has 2 N–H and O–H groups in total. The van der Waals surface area contributed by atoms with Crippen LogP contribution < -0.4 is 0 Å². The summed E-state index contributed by atoms with van der Waals surface area (Å²) in [6, 6.07) is 13.2. The van der Waals surface area contributed by atoms with Gasteiger partial charge in [0.25, 0.3) is 0 Å². The third-order valence-electron chi connectivity index (χ3n) is 3.17. The number of carbonyl (C=O) groups is 3. The molecular weight excluding hydrogens is 328 g/mol. The number of hydrogen-bond acceptors (Lipinski definition) is 5. The molecule has 25 heavy (non-hydrogen) atoms. The van der Waals surface area contributed by atoms with E-state index in [1.54, 1.807) is 24.3 Å². The van der Waals surface area contributed by atoms with Crippen molar-refractivity contribution in [2.75, 3.05) is 6.54 Å². The number of aliphatic carboxylic acids is 1. The third-order valence-corrected chi connectivity index (χ3v) is 3.17. The lowest BCUT2D eigenvalue weighted by atomic mass is 10.2. The second-order valence-corrected chi connectivity index (χ2v) is 5.11. The van der Waals surface area contributed by atoms with Gasteiger partial charge in [-0.3, -0.25) is 9.69 Å². The highest BCUT2D eigenvalue weighted by molar-refractivity contribution is 5.85. The van der Waals surface area contributed by atoms with Crippen molar-refractivity contribution in [1.82, 2.24) is 9.88 Å². The van der Waals surface area contributed by atoms with Gasteiger partial charge in [0.15, 0.2) is 0 Å². The number of aromatic nitrogens is 1. The van der Waals surface area contributed by atoms with Crippen molar-refractivity contribution in [2.24, 2.45) is 0 Å². The molecule has 2 aromatic rings. The first-order chi connectivity index (χ1) is 12.0. The van der Waals surface area contributed by atoms with Crippen molar-refractivity contribution in [3.8, 4) is 0 Å². The van der Waals surface area contributed by atoms with E-state index in [4.69, 9.17) is 14.9 Å². The average Bonchev–Trinajstić information content (AvgIpc) is 2.60. The zero-order chi connectivity index (χ0) is 18.2. The van der Waals surface area contributed by atoms with Gasteiger partial charge in [-0.1, -0.05) is 36.4 Å². The van der Waals surface area contributed by atoms with E-state index in [2.05, 4.69) is 4.98 Å². The maximum Gasteiger partial charge on any atom is 0.410 e. The number of pyridine rings is 1. The quantitative estimate of drug-likeness (QED) is 0.789. The monoisotopic (exact) mass is 344 g/mol. The summed E-state index contributed by atoms with van der Waals surface area (Å²) in [7, 11) is 0. The summed E-state index contributed by atoms with van der Waals surface area (Å²) in [4.78, 5) is 38.9. The molecule has 0 fully saturated rings. The Morgan fingerprint density at radius 3 is 2.36 bits per heavy atom. The first kappa shape index (κ1) is 17.9. The molecule has 8 nitrogen and oxygen atoms in total. The minimum Gasteiger partial charge on any atom is -0.480 e. The summed E-state index contributed by atoms with van der Waals surface area (Å²) >= 11 is 0. The molecule has 0 aliphatic rings. The van der Waals surface area contributed by atoms with Gasteiger partial charge < -0.3 is 14.9 Å². The molecule has 0 saturated carbocycles. The van der Waals surface area contributed by atoms with E-state index >= 15 is 0 Å². The first-order valence-corrected chi connectivity index (χ1v) is 7.32. The Hall–Kier alpha value is -3.42. The lowest BCUT2D eigenvalue weighted by Gasteiger charge is -2.20. The molecule has 0 spiro atoms. The molecule has 1 aromatic heterocycles. The maximum absolute atomic E-state index is 12.2. The number of benzene rings is 1. The molecule has 0 bridgehead atoms. The predicted molar refractivity (Wildman–Crippen MR) is 85.9 cm³/mol. The number of carboxylic acids is 2. The van der Waals surface area contributed by atoms with E-state index in [0.29, 0.717) is 0 Å². The van der Waals surface area contributed by atoms with Crippen LogP contribution in [0.4, 0.5) is 4.79 Å². The summed E-state index contributed by atoms with van der Waals surface area (Å²) in [6.07, 6.45) is -0.825. The Bertz CT molecular complexity index is 763. The van der Waals surface area contributed by atoms with E-state index in [0.717, 1.165) is 10.5 Å². The van der Waals surface area contributed by atoms with Crippen LogP contribution in [0.1, 0.15) is 21.7 Å². The van der Waals surface area contributed by atoms with Gasteiger partial charge in [0.2, 0.25) is 0 Å². The van der Waals surface area contributed by atoms with Crippen molar-refractivity contribution in [2.45, 2.75) is 13.2 Å². The summed E-state index contributed by atoms with van der Waals surface area (Å²) < 4.78 is 5.12. The van der Waals surface area contributed by atoms with E-state index in [-0.39, 0.29) is 24.5 Å². The highest BCUT2D eigenvalue weighted by Crippen LogP contribution is 2.08. The maximum atomic E-state index is 12.2. The Kier molecular flexibility index (Phi) is 6.05. The van der Waals surface area contributed by atoms with Gasteiger partial charge in [-0.05, 0) is 17.7 Å². The fourth-order valence-corrected chi connectivity index (χ4v) is 2.04. The lowest BCUT2D eigenvalue weighted by molar-refractivity contribution is -0.138. The smallest absolute Gasteiger partial charge is 0.410 e. The van der Waals surface area contributed by atoms with Crippen LogP contribution in [0.5, 0.6) is 0 Å². The van der Waals surface area contributed by atoms with Crippen LogP contribution in [-0.4, -0.2) is 44.7 Å². The van der Waals surface area contributed by atoms with Gasteiger partial charge in [0, 0.05) is 0 Å². The molecule has 0 unspecified atom stereocenters. The first-order valence-electron chi connectivity index (χ1n) is 7.32. The standard InChI is InChI=1S/C17H16N2O6/c20-15(21)10-19(9-13-7-4-8-14(18-13)16(22)23)17(24)25-11-12-5-2-1-3-6-12/h1-8H,9-11H2,(H,20,21)(H,22,23). The average molecular weight is 344 g/mol. The molecule has 8 heteroatoms. The third kappa shape index (κ3) is 5.61. The number of carbonyl (C=O) groups excluding carboxylic acids is 1. The zero-order valence-electron chi connectivity index (χ0n) is 13.2. The molecule has 0 atom stereocenters. The lowest BCUT2D eigenvalue weighted by Crippen LogP contribution is -2.35. The van der Waals surface area contributed by atoms with Gasteiger partial charge >= 0.3 is 18.0 Å². The van der Waals surface area contributed by atoms with Crippen LogP contribution in [-0.2, 0) is 22.7 Å². The Balaban J connectivity index is 2.07. The van der Waals surface area contributed by atoms with E-state index < -0.39 is 24.6 Å². The number of aromatic carboxylic acids is 1. The van der Waals surface area contributed by atoms with Crippen LogP contribution in [0, 0.1) is 0 Å². The second-order valence-electron chi connectivity index (χ2n) is 5.11. The Morgan fingerprint density at radius 2 is 1.72 bits per heavy atom. The van der Waals surface area contributed by atoms with Gasteiger partial charge in [-0.15, -0.1) is 0 Å². The summed E-state index contributed by atoms with van der Waals surface area (Å²) in [6.45, 7) is -0.772. The topological polar surface area (TPSA) is 117 Å². The largest absolute Gasteiger partial charge is 0.480 e. The van der Waals surface area contributed by atoms with Crippen molar-refractivity contribution < 1.29 is 29.3 Å². The molecule has 0 aliphatic heterocycles. The van der Waals surface area contributed by atoms with Gasteiger partial charge in [0.05, 0.1) is 12.2 Å². The van der Waals surface area contributed by atoms with Crippen molar-refractivity contribution in [1.29, 1.82) is 0 Å². The molecule has 0 saturated heterocycles. The molecule has 1 heterocycles. The van der Waals surface area contributed by atoms with Crippen molar-refractivity contribution >= 4 is 18.0 Å². The number of nitrogens with zero attached hydrogens (tertiary/aromatic N) is 2. The molecule has 0 aliphatic carbocycles. The summed E-state index contributed by atoms with van der Waals surface area (Å²) in [5, 5.41) is 17.9. The van der Waals surface area contributed by atoms with E-state index in [1.165, 1.54) is 18.2 Å². The minimum atomic E-state index is -1.22. The molecular formula is C17H16N2O6.